The molecule has 0 fully saturated rings. The monoisotopic (exact) mass is 374 g/mol. The second-order valence-electron chi connectivity index (χ2n) is 6.02. The maximum atomic E-state index is 12.4. The predicted molar refractivity (Wildman–Crippen MR) is 101 cm³/mol. The molecular weight excluding hydrogens is 348 g/mol. The molecule has 0 bridgehead atoms. The van der Waals surface area contributed by atoms with Gasteiger partial charge in [-0.3, -0.25) is 4.79 Å². The van der Waals surface area contributed by atoms with E-state index < -0.39 is 5.97 Å². The minimum Gasteiger partial charge on any atom is -0.494 e. The zero-order chi connectivity index (χ0) is 19.6. The van der Waals surface area contributed by atoms with Crippen LogP contribution >= 0.6 is 0 Å². The molecule has 1 aromatic carbocycles. The number of hydrogen-bond donors (Lipinski definition) is 2. The number of ether oxygens (including phenoxy) is 3. The fraction of sp³-hybridized carbons (Fsp3) is 0.400. The Balaban J connectivity index is 1.83. The number of rotatable bonds is 10. The first-order chi connectivity index (χ1) is 13.0. The number of H-pyrrole nitrogens is 1. The van der Waals surface area contributed by atoms with Gasteiger partial charge in [0.15, 0.2) is 0 Å². The number of nitrogens with one attached hydrogen (secondary N) is 2. The van der Waals surface area contributed by atoms with Crippen molar-refractivity contribution >= 4 is 11.9 Å². The molecule has 0 radical (unpaired) electrons. The second-order valence-corrected chi connectivity index (χ2v) is 6.02. The fourth-order valence-electron chi connectivity index (χ4n) is 2.64. The molecule has 146 valence electrons. The van der Waals surface area contributed by atoms with E-state index in [0.29, 0.717) is 48.7 Å². The molecule has 0 aliphatic carbocycles. The van der Waals surface area contributed by atoms with Gasteiger partial charge in [0, 0.05) is 19.3 Å². The number of aromatic nitrogens is 1. The number of amides is 1. The quantitative estimate of drug-likeness (QED) is 0.493. The van der Waals surface area contributed by atoms with Crippen LogP contribution in [-0.2, 0) is 9.47 Å². The van der Waals surface area contributed by atoms with Crippen molar-refractivity contribution in [2.24, 2.45) is 0 Å². The Kier molecular flexibility index (Phi) is 7.88. The molecule has 2 rings (SSSR count). The molecule has 7 heteroatoms. The van der Waals surface area contributed by atoms with Crippen LogP contribution < -0.4 is 10.1 Å². The molecule has 0 atom stereocenters. The van der Waals surface area contributed by atoms with Gasteiger partial charge in [0.25, 0.3) is 5.91 Å². The van der Waals surface area contributed by atoms with Crippen molar-refractivity contribution in [2.75, 3.05) is 33.5 Å². The van der Waals surface area contributed by atoms with Crippen molar-refractivity contribution in [3.05, 3.63) is 52.8 Å². The summed E-state index contributed by atoms with van der Waals surface area (Å²) in [5.41, 5.74) is 1.94. The zero-order valence-electron chi connectivity index (χ0n) is 16.0. The van der Waals surface area contributed by atoms with E-state index in [1.807, 2.05) is 30.3 Å². The Labute approximate surface area is 159 Å². The molecule has 0 aliphatic heterocycles. The van der Waals surface area contributed by atoms with Crippen LogP contribution in [0.5, 0.6) is 5.75 Å². The fourth-order valence-corrected chi connectivity index (χ4v) is 2.64. The first-order valence-corrected chi connectivity index (χ1v) is 8.86. The van der Waals surface area contributed by atoms with E-state index in [1.165, 1.54) is 7.11 Å². The molecule has 7 nitrogen and oxygen atoms in total. The second kappa shape index (κ2) is 10.4. The predicted octanol–water partition coefficient (Wildman–Crippen LogP) is 2.63. The molecule has 1 heterocycles. The summed E-state index contributed by atoms with van der Waals surface area (Å²) in [6.45, 7) is 4.93. The van der Waals surface area contributed by atoms with Gasteiger partial charge in [0.2, 0.25) is 0 Å². The zero-order valence-corrected chi connectivity index (χ0v) is 16.0. The minimum absolute atomic E-state index is 0.169. The molecule has 0 unspecified atom stereocenters. The lowest BCUT2D eigenvalue weighted by Gasteiger charge is -2.07. The van der Waals surface area contributed by atoms with Crippen LogP contribution in [0.15, 0.2) is 30.3 Å². The summed E-state index contributed by atoms with van der Waals surface area (Å²) in [4.78, 5) is 27.6. The number of methoxy groups -OCH3 is 1. The van der Waals surface area contributed by atoms with Crippen molar-refractivity contribution in [1.82, 2.24) is 10.3 Å². The topological polar surface area (TPSA) is 89.7 Å². The molecule has 0 spiro atoms. The van der Waals surface area contributed by atoms with Crippen molar-refractivity contribution in [3.8, 4) is 5.75 Å². The third-order valence-corrected chi connectivity index (χ3v) is 4.01. The maximum absolute atomic E-state index is 12.4. The number of para-hydroxylation sites is 1. The summed E-state index contributed by atoms with van der Waals surface area (Å²) in [5, 5.41) is 2.84. The van der Waals surface area contributed by atoms with Crippen LogP contribution in [0, 0.1) is 13.8 Å². The Hall–Kier alpha value is -2.80. The van der Waals surface area contributed by atoms with E-state index in [9.17, 15) is 9.59 Å². The van der Waals surface area contributed by atoms with E-state index in [0.717, 1.165) is 5.75 Å². The lowest BCUT2D eigenvalue weighted by atomic mass is 10.1. The van der Waals surface area contributed by atoms with Gasteiger partial charge in [-0.05, 0) is 38.0 Å². The Morgan fingerprint density at radius 1 is 1.07 bits per heavy atom. The molecule has 1 amide bonds. The standard InChI is InChI=1S/C20H26N2O5/c1-14-17(20(24)27-13-12-25-3)15(2)22-18(14)19(23)21-10-7-11-26-16-8-5-4-6-9-16/h4-6,8-9,22H,7,10-13H2,1-3H3,(H,21,23). The average molecular weight is 374 g/mol. The van der Waals surface area contributed by atoms with Gasteiger partial charge in [-0.25, -0.2) is 4.79 Å². The molecular formula is C20H26N2O5. The van der Waals surface area contributed by atoms with Gasteiger partial charge in [-0.15, -0.1) is 0 Å². The van der Waals surface area contributed by atoms with E-state index >= 15 is 0 Å². The number of benzene rings is 1. The van der Waals surface area contributed by atoms with Gasteiger partial charge in [0.05, 0.1) is 18.8 Å². The summed E-state index contributed by atoms with van der Waals surface area (Å²) in [7, 11) is 1.54. The molecule has 27 heavy (non-hydrogen) atoms. The summed E-state index contributed by atoms with van der Waals surface area (Å²) in [5.74, 6) is 0.0798. The van der Waals surface area contributed by atoms with Gasteiger partial charge in [-0.2, -0.15) is 0 Å². The first kappa shape index (κ1) is 20.5. The lowest BCUT2D eigenvalue weighted by molar-refractivity contribution is 0.0387. The van der Waals surface area contributed by atoms with Crippen LogP contribution in [0.2, 0.25) is 0 Å². The van der Waals surface area contributed by atoms with Crippen molar-refractivity contribution < 1.29 is 23.8 Å². The minimum atomic E-state index is -0.464. The maximum Gasteiger partial charge on any atom is 0.340 e. The van der Waals surface area contributed by atoms with E-state index in [2.05, 4.69) is 10.3 Å². The van der Waals surface area contributed by atoms with Gasteiger partial charge in [0.1, 0.15) is 18.1 Å². The normalized spacial score (nSPS) is 10.5. The summed E-state index contributed by atoms with van der Waals surface area (Å²) in [6, 6.07) is 9.51. The molecule has 2 aromatic rings. The number of aryl methyl sites for hydroxylation is 1. The molecule has 1 aromatic heterocycles. The van der Waals surface area contributed by atoms with E-state index in [-0.39, 0.29) is 12.5 Å². The third-order valence-electron chi connectivity index (χ3n) is 4.01. The Morgan fingerprint density at radius 2 is 1.81 bits per heavy atom. The molecule has 0 saturated carbocycles. The number of aromatic amines is 1. The smallest absolute Gasteiger partial charge is 0.340 e. The summed E-state index contributed by atoms with van der Waals surface area (Å²) < 4.78 is 15.6. The molecule has 0 aliphatic rings. The van der Waals surface area contributed by atoms with Crippen molar-refractivity contribution in [1.29, 1.82) is 0 Å². The number of carbonyl (C=O) groups is 2. The summed E-state index contributed by atoms with van der Waals surface area (Å²) in [6.07, 6.45) is 0.672. The van der Waals surface area contributed by atoms with Gasteiger partial charge >= 0.3 is 5.97 Å². The van der Waals surface area contributed by atoms with Crippen LogP contribution in [0.1, 0.15) is 38.5 Å². The Morgan fingerprint density at radius 3 is 2.52 bits per heavy atom. The average Bonchev–Trinajstić information content (AvgIpc) is 2.96. The van der Waals surface area contributed by atoms with E-state index in [4.69, 9.17) is 14.2 Å². The summed E-state index contributed by atoms with van der Waals surface area (Å²) >= 11 is 0. The van der Waals surface area contributed by atoms with Crippen LogP contribution in [0.3, 0.4) is 0 Å². The number of hydrogen-bond acceptors (Lipinski definition) is 5. The lowest BCUT2D eigenvalue weighted by Crippen LogP contribution is -2.26. The van der Waals surface area contributed by atoms with Gasteiger partial charge < -0.3 is 24.5 Å². The largest absolute Gasteiger partial charge is 0.494 e. The van der Waals surface area contributed by atoms with Crippen molar-refractivity contribution in [2.45, 2.75) is 20.3 Å². The third kappa shape index (κ3) is 5.86. The molecule has 2 N–H and O–H groups in total. The highest BCUT2D eigenvalue weighted by Gasteiger charge is 2.22. The number of carbonyl (C=O) groups excluding carboxylic acids is 2. The highest BCUT2D eigenvalue weighted by Crippen LogP contribution is 2.19. The first-order valence-electron chi connectivity index (χ1n) is 8.86. The van der Waals surface area contributed by atoms with Crippen LogP contribution in [-0.4, -0.2) is 50.3 Å². The number of esters is 1. The molecule has 0 saturated heterocycles. The SMILES string of the molecule is COCCOC(=O)c1c(C)[nH]c(C(=O)NCCCOc2ccccc2)c1C. The Bertz CT molecular complexity index is 755. The van der Waals surface area contributed by atoms with Crippen molar-refractivity contribution in [3.63, 3.8) is 0 Å². The van der Waals surface area contributed by atoms with Crippen LogP contribution in [0.4, 0.5) is 0 Å². The highest BCUT2D eigenvalue weighted by molar-refractivity contribution is 6.00. The highest BCUT2D eigenvalue weighted by atomic mass is 16.6. The van der Waals surface area contributed by atoms with E-state index in [1.54, 1.807) is 13.8 Å². The van der Waals surface area contributed by atoms with Gasteiger partial charge in [-0.1, -0.05) is 18.2 Å². The van der Waals surface area contributed by atoms with Crippen LogP contribution in [0.25, 0.3) is 0 Å².